The lowest BCUT2D eigenvalue weighted by atomic mass is 10.4. The van der Waals surface area contributed by atoms with Crippen LogP contribution in [0, 0.1) is 6.92 Å². The highest BCUT2D eigenvalue weighted by molar-refractivity contribution is 5.73. The zero-order valence-corrected chi connectivity index (χ0v) is 6.55. The molecule has 60 valence electrons. The summed E-state index contributed by atoms with van der Waals surface area (Å²) in [5, 5.41) is 2.82. The second-order valence-electron chi connectivity index (χ2n) is 2.17. The Balaban J connectivity index is 3.25. The van der Waals surface area contributed by atoms with Gasteiger partial charge in [0.05, 0.1) is 0 Å². The average Bonchev–Trinajstić information content (AvgIpc) is 1.85. The first-order valence-electron chi connectivity index (χ1n) is 3.22. The van der Waals surface area contributed by atoms with Crippen LogP contribution in [0.3, 0.4) is 0 Å². The minimum atomic E-state index is 0.387. The van der Waals surface area contributed by atoms with Crippen LogP contribution in [0.5, 0.6) is 0 Å². The molecular formula is C6H11N5. The third kappa shape index (κ3) is 1.31. The fourth-order valence-electron chi connectivity index (χ4n) is 0.873. The van der Waals surface area contributed by atoms with E-state index in [-0.39, 0.29) is 0 Å². The van der Waals surface area contributed by atoms with Gasteiger partial charge in [0.2, 0.25) is 0 Å². The van der Waals surface area contributed by atoms with Crippen LogP contribution in [0.2, 0.25) is 0 Å². The van der Waals surface area contributed by atoms with Crippen LogP contribution in [-0.4, -0.2) is 17.0 Å². The van der Waals surface area contributed by atoms with Crippen LogP contribution in [0.1, 0.15) is 5.82 Å². The highest BCUT2D eigenvalue weighted by Crippen LogP contribution is 2.20. The van der Waals surface area contributed by atoms with E-state index in [1.54, 1.807) is 14.0 Å². The quantitative estimate of drug-likeness (QED) is 0.528. The van der Waals surface area contributed by atoms with Crippen LogP contribution < -0.4 is 16.8 Å². The Bertz CT molecular complexity index is 247. The molecule has 1 rings (SSSR count). The van der Waals surface area contributed by atoms with Gasteiger partial charge < -0.3 is 16.8 Å². The number of aromatic nitrogens is 2. The molecule has 0 saturated carbocycles. The molecule has 0 fully saturated rings. The standard InChI is InChI=1S/C6H11N5/c1-3-10-5(7)4(9-2)6(8)11-3/h9H,1-2H3,(H4,7,8,10,11). The molecular weight excluding hydrogens is 142 g/mol. The van der Waals surface area contributed by atoms with Gasteiger partial charge in [0.15, 0.2) is 11.6 Å². The Kier molecular flexibility index (Phi) is 1.80. The first kappa shape index (κ1) is 7.59. The third-order valence-electron chi connectivity index (χ3n) is 1.33. The Hall–Kier alpha value is -1.52. The number of rotatable bonds is 1. The molecule has 0 radical (unpaired) electrons. The first-order valence-corrected chi connectivity index (χ1v) is 3.22. The lowest BCUT2D eigenvalue weighted by Crippen LogP contribution is -2.06. The van der Waals surface area contributed by atoms with Crippen molar-refractivity contribution in [3.8, 4) is 0 Å². The molecule has 5 nitrogen and oxygen atoms in total. The predicted octanol–water partition coefficient (Wildman–Crippen LogP) is -0.00888. The number of nitrogens with two attached hydrogens (primary N) is 2. The van der Waals surface area contributed by atoms with Gasteiger partial charge in [0.25, 0.3) is 0 Å². The van der Waals surface area contributed by atoms with Gasteiger partial charge in [-0.1, -0.05) is 0 Å². The molecule has 0 unspecified atom stereocenters. The molecule has 0 aliphatic heterocycles. The number of nitrogens with zero attached hydrogens (tertiary/aromatic N) is 2. The summed E-state index contributed by atoms with van der Waals surface area (Å²) in [6, 6.07) is 0. The van der Waals surface area contributed by atoms with Crippen molar-refractivity contribution in [2.45, 2.75) is 6.92 Å². The van der Waals surface area contributed by atoms with E-state index in [1.807, 2.05) is 0 Å². The van der Waals surface area contributed by atoms with Crippen molar-refractivity contribution < 1.29 is 0 Å². The molecule has 0 aromatic carbocycles. The predicted molar refractivity (Wildman–Crippen MR) is 45.1 cm³/mol. The zero-order valence-electron chi connectivity index (χ0n) is 6.55. The van der Waals surface area contributed by atoms with Crippen LogP contribution in [0.4, 0.5) is 17.3 Å². The Morgan fingerprint density at radius 2 is 1.64 bits per heavy atom. The van der Waals surface area contributed by atoms with Crippen molar-refractivity contribution in [3.05, 3.63) is 5.82 Å². The number of anilines is 3. The van der Waals surface area contributed by atoms with Gasteiger partial charge >= 0.3 is 0 Å². The van der Waals surface area contributed by atoms with Gasteiger partial charge in [-0.25, -0.2) is 9.97 Å². The SMILES string of the molecule is CNc1c(N)nc(C)nc1N. The Morgan fingerprint density at radius 3 is 2.00 bits per heavy atom. The molecule has 1 aromatic rings. The molecule has 1 aromatic heterocycles. The van der Waals surface area contributed by atoms with Crippen molar-refractivity contribution in [1.82, 2.24) is 9.97 Å². The molecule has 0 amide bonds. The minimum absolute atomic E-state index is 0.387. The maximum atomic E-state index is 5.54. The molecule has 5 heteroatoms. The van der Waals surface area contributed by atoms with E-state index < -0.39 is 0 Å². The van der Waals surface area contributed by atoms with Gasteiger partial charge in [-0.15, -0.1) is 0 Å². The summed E-state index contributed by atoms with van der Waals surface area (Å²) < 4.78 is 0. The smallest absolute Gasteiger partial charge is 0.152 e. The van der Waals surface area contributed by atoms with Crippen LogP contribution in [-0.2, 0) is 0 Å². The van der Waals surface area contributed by atoms with E-state index in [2.05, 4.69) is 15.3 Å². The third-order valence-corrected chi connectivity index (χ3v) is 1.33. The van der Waals surface area contributed by atoms with Crippen molar-refractivity contribution in [2.75, 3.05) is 23.8 Å². The summed E-state index contributed by atoms with van der Waals surface area (Å²) in [5.41, 5.74) is 11.7. The average molecular weight is 153 g/mol. The highest BCUT2D eigenvalue weighted by atomic mass is 15.0. The number of hydrogen-bond donors (Lipinski definition) is 3. The molecule has 5 N–H and O–H groups in total. The maximum absolute atomic E-state index is 5.54. The lowest BCUT2D eigenvalue weighted by Gasteiger charge is -2.06. The van der Waals surface area contributed by atoms with E-state index >= 15 is 0 Å². The summed E-state index contributed by atoms with van der Waals surface area (Å²) >= 11 is 0. The Morgan fingerprint density at radius 1 is 1.18 bits per heavy atom. The molecule has 0 atom stereocenters. The second-order valence-corrected chi connectivity index (χ2v) is 2.17. The number of hydrogen-bond acceptors (Lipinski definition) is 5. The van der Waals surface area contributed by atoms with Crippen LogP contribution >= 0.6 is 0 Å². The maximum Gasteiger partial charge on any atom is 0.152 e. The molecule has 0 aliphatic rings. The molecule has 11 heavy (non-hydrogen) atoms. The van der Waals surface area contributed by atoms with E-state index in [4.69, 9.17) is 11.5 Å². The molecule has 0 aliphatic carbocycles. The van der Waals surface area contributed by atoms with E-state index in [0.29, 0.717) is 23.1 Å². The van der Waals surface area contributed by atoms with Gasteiger partial charge in [-0.05, 0) is 6.92 Å². The number of nitrogen functional groups attached to an aromatic ring is 2. The zero-order chi connectivity index (χ0) is 8.43. The van der Waals surface area contributed by atoms with Crippen LogP contribution in [0.25, 0.3) is 0 Å². The fraction of sp³-hybridized carbons (Fsp3) is 0.333. The molecule has 0 bridgehead atoms. The number of aryl methyl sites for hydroxylation is 1. The normalized spacial score (nSPS) is 9.64. The largest absolute Gasteiger partial charge is 0.382 e. The molecule has 1 heterocycles. The van der Waals surface area contributed by atoms with Crippen molar-refractivity contribution in [3.63, 3.8) is 0 Å². The van der Waals surface area contributed by atoms with Crippen molar-refractivity contribution >= 4 is 17.3 Å². The molecule has 0 saturated heterocycles. The summed E-state index contributed by atoms with van der Waals surface area (Å²) in [6.45, 7) is 1.74. The van der Waals surface area contributed by atoms with E-state index in [0.717, 1.165) is 0 Å². The van der Waals surface area contributed by atoms with Crippen molar-refractivity contribution in [2.24, 2.45) is 0 Å². The van der Waals surface area contributed by atoms with Gasteiger partial charge in [0.1, 0.15) is 11.5 Å². The fourth-order valence-corrected chi connectivity index (χ4v) is 0.873. The van der Waals surface area contributed by atoms with Gasteiger partial charge in [-0.2, -0.15) is 0 Å². The topological polar surface area (TPSA) is 89.8 Å². The highest BCUT2D eigenvalue weighted by Gasteiger charge is 2.04. The monoisotopic (exact) mass is 153 g/mol. The summed E-state index contributed by atoms with van der Waals surface area (Å²) in [5.74, 6) is 1.36. The number of nitrogens with one attached hydrogen (secondary N) is 1. The van der Waals surface area contributed by atoms with Gasteiger partial charge in [0, 0.05) is 7.05 Å². The molecule has 0 spiro atoms. The first-order chi connectivity index (χ1) is 5.15. The summed E-state index contributed by atoms with van der Waals surface area (Å²) in [4.78, 5) is 7.86. The summed E-state index contributed by atoms with van der Waals surface area (Å²) in [6.07, 6.45) is 0. The second kappa shape index (κ2) is 2.61. The van der Waals surface area contributed by atoms with Crippen molar-refractivity contribution in [1.29, 1.82) is 0 Å². The van der Waals surface area contributed by atoms with Crippen LogP contribution in [0.15, 0.2) is 0 Å². The Labute approximate surface area is 64.8 Å². The van der Waals surface area contributed by atoms with E-state index in [9.17, 15) is 0 Å². The lowest BCUT2D eigenvalue weighted by molar-refractivity contribution is 1.07. The van der Waals surface area contributed by atoms with Gasteiger partial charge in [-0.3, -0.25) is 0 Å². The minimum Gasteiger partial charge on any atom is -0.382 e. The summed E-state index contributed by atoms with van der Waals surface area (Å²) in [7, 11) is 1.72. The van der Waals surface area contributed by atoms with E-state index in [1.165, 1.54) is 0 Å².